The number of rotatable bonds is 4. The van der Waals surface area contributed by atoms with Gasteiger partial charge in [-0.3, -0.25) is 4.79 Å². The zero-order valence-electron chi connectivity index (χ0n) is 8.10. The molecule has 6 heteroatoms. The summed E-state index contributed by atoms with van der Waals surface area (Å²) < 4.78 is 0. The lowest BCUT2D eigenvalue weighted by Gasteiger charge is -2.20. The highest BCUT2D eigenvalue weighted by Crippen LogP contribution is 2.35. The van der Waals surface area contributed by atoms with Gasteiger partial charge in [-0.15, -0.1) is 0 Å². The normalized spacial score (nSPS) is 22.8. The van der Waals surface area contributed by atoms with Crippen LogP contribution in [0.3, 0.4) is 0 Å². The van der Waals surface area contributed by atoms with Crippen molar-refractivity contribution < 1.29 is 19.5 Å². The van der Waals surface area contributed by atoms with Gasteiger partial charge in [-0.2, -0.15) is 0 Å². The third kappa shape index (κ3) is 1.93. The summed E-state index contributed by atoms with van der Waals surface area (Å²) in [4.78, 5) is 34.4. The molecular formula is C9H12N2O4. The molecule has 1 saturated heterocycles. The van der Waals surface area contributed by atoms with Crippen molar-refractivity contribution in [3.63, 3.8) is 0 Å². The van der Waals surface area contributed by atoms with E-state index < -0.39 is 23.9 Å². The van der Waals surface area contributed by atoms with E-state index in [-0.39, 0.29) is 6.54 Å². The molecule has 0 spiro atoms. The van der Waals surface area contributed by atoms with Crippen LogP contribution in [-0.2, 0) is 9.59 Å². The van der Waals surface area contributed by atoms with E-state index in [1.54, 1.807) is 0 Å². The third-order valence-electron chi connectivity index (χ3n) is 2.73. The van der Waals surface area contributed by atoms with E-state index >= 15 is 0 Å². The summed E-state index contributed by atoms with van der Waals surface area (Å²) in [6.45, 7) is -0.0900. The minimum Gasteiger partial charge on any atom is -0.480 e. The highest BCUT2D eigenvalue weighted by molar-refractivity contribution is 6.04. The maximum Gasteiger partial charge on any atom is 0.327 e. The first-order valence-electron chi connectivity index (χ1n) is 4.92. The number of amides is 3. The molecule has 82 valence electrons. The van der Waals surface area contributed by atoms with E-state index in [2.05, 4.69) is 5.32 Å². The van der Waals surface area contributed by atoms with Gasteiger partial charge in [0.2, 0.25) is 0 Å². The number of hydrogen-bond acceptors (Lipinski definition) is 3. The van der Waals surface area contributed by atoms with Crippen LogP contribution in [0.1, 0.15) is 19.3 Å². The number of hydrogen-bond donors (Lipinski definition) is 2. The van der Waals surface area contributed by atoms with E-state index in [0.717, 1.165) is 17.7 Å². The molecule has 1 aliphatic carbocycles. The molecule has 2 N–H and O–H groups in total. The van der Waals surface area contributed by atoms with Crippen LogP contribution in [0, 0.1) is 5.92 Å². The van der Waals surface area contributed by atoms with Crippen molar-refractivity contribution in [2.45, 2.75) is 25.3 Å². The standard InChI is InChI=1S/C9H12N2O4/c12-7-4-10-9(15)11(7)6(8(13)14)3-5-1-2-5/h5-6H,1-4H2,(H,10,15)(H,13,14). The Labute approximate surface area is 86.2 Å². The zero-order chi connectivity index (χ0) is 11.0. The van der Waals surface area contributed by atoms with Crippen molar-refractivity contribution in [1.29, 1.82) is 0 Å². The minimum absolute atomic E-state index is 0.0900. The van der Waals surface area contributed by atoms with Gasteiger partial charge in [0.25, 0.3) is 5.91 Å². The Morgan fingerprint density at radius 3 is 2.60 bits per heavy atom. The van der Waals surface area contributed by atoms with Crippen molar-refractivity contribution in [3.05, 3.63) is 0 Å². The Bertz CT molecular complexity index is 308. The molecule has 0 aromatic heterocycles. The number of aliphatic carboxylic acids is 1. The van der Waals surface area contributed by atoms with Crippen LogP contribution in [0.15, 0.2) is 0 Å². The van der Waals surface area contributed by atoms with Crippen LogP contribution in [-0.4, -0.2) is 40.5 Å². The number of carboxylic acid groups (broad SMARTS) is 1. The van der Waals surface area contributed by atoms with Gasteiger partial charge in [0, 0.05) is 0 Å². The number of carbonyl (C=O) groups excluding carboxylic acids is 2. The second-order valence-corrected chi connectivity index (χ2v) is 3.96. The van der Waals surface area contributed by atoms with Gasteiger partial charge in [-0.1, -0.05) is 12.8 Å². The van der Waals surface area contributed by atoms with Gasteiger partial charge in [-0.25, -0.2) is 14.5 Å². The summed E-state index contributed by atoms with van der Waals surface area (Å²) in [6.07, 6.45) is 2.37. The largest absolute Gasteiger partial charge is 0.480 e. The van der Waals surface area contributed by atoms with Crippen LogP contribution in [0.2, 0.25) is 0 Å². The highest BCUT2D eigenvalue weighted by atomic mass is 16.4. The van der Waals surface area contributed by atoms with Gasteiger partial charge in [-0.05, 0) is 12.3 Å². The molecular weight excluding hydrogens is 200 g/mol. The fourth-order valence-electron chi connectivity index (χ4n) is 1.74. The highest BCUT2D eigenvalue weighted by Gasteiger charge is 2.41. The number of imide groups is 1. The molecule has 1 aliphatic heterocycles. The quantitative estimate of drug-likeness (QED) is 0.631. The minimum atomic E-state index is -1.10. The summed E-state index contributed by atoms with van der Waals surface area (Å²) in [5.74, 6) is -1.20. The lowest BCUT2D eigenvalue weighted by atomic mass is 10.1. The summed E-state index contributed by atoms with van der Waals surface area (Å²) in [7, 11) is 0. The van der Waals surface area contributed by atoms with Crippen LogP contribution in [0.5, 0.6) is 0 Å². The molecule has 2 aliphatic rings. The molecule has 2 rings (SSSR count). The predicted octanol–water partition coefficient (Wildman–Crippen LogP) is -0.209. The average molecular weight is 212 g/mol. The average Bonchev–Trinajstić information content (AvgIpc) is 2.92. The zero-order valence-corrected chi connectivity index (χ0v) is 8.10. The molecule has 1 heterocycles. The summed E-state index contributed by atoms with van der Waals surface area (Å²) in [5.41, 5.74) is 0. The Hall–Kier alpha value is -1.59. The topological polar surface area (TPSA) is 86.7 Å². The van der Waals surface area contributed by atoms with Gasteiger partial charge in [0.1, 0.15) is 6.04 Å². The van der Waals surface area contributed by atoms with Gasteiger partial charge >= 0.3 is 12.0 Å². The van der Waals surface area contributed by atoms with Gasteiger partial charge in [0.15, 0.2) is 0 Å². The molecule has 0 aromatic carbocycles. The summed E-state index contributed by atoms with van der Waals surface area (Å²) in [5, 5.41) is 11.3. The fourth-order valence-corrected chi connectivity index (χ4v) is 1.74. The van der Waals surface area contributed by atoms with Crippen molar-refractivity contribution >= 4 is 17.9 Å². The molecule has 1 saturated carbocycles. The molecule has 15 heavy (non-hydrogen) atoms. The second kappa shape index (κ2) is 3.52. The van der Waals surface area contributed by atoms with E-state index in [1.165, 1.54) is 0 Å². The van der Waals surface area contributed by atoms with Gasteiger partial charge in [0.05, 0.1) is 6.54 Å². The van der Waals surface area contributed by atoms with E-state index in [1.807, 2.05) is 0 Å². The van der Waals surface area contributed by atoms with Crippen molar-refractivity contribution in [2.75, 3.05) is 6.54 Å². The number of urea groups is 1. The third-order valence-corrected chi connectivity index (χ3v) is 2.73. The SMILES string of the molecule is O=C(O)C(CC1CC1)N1C(=O)CNC1=O. The van der Waals surface area contributed by atoms with E-state index in [0.29, 0.717) is 12.3 Å². The molecule has 0 bridgehead atoms. The monoisotopic (exact) mass is 212 g/mol. The van der Waals surface area contributed by atoms with Gasteiger partial charge < -0.3 is 10.4 Å². The lowest BCUT2D eigenvalue weighted by Crippen LogP contribution is -2.45. The van der Waals surface area contributed by atoms with E-state index in [9.17, 15) is 14.4 Å². The van der Waals surface area contributed by atoms with Crippen molar-refractivity contribution in [3.8, 4) is 0 Å². The maximum absolute atomic E-state index is 11.3. The predicted molar refractivity (Wildman–Crippen MR) is 49.0 cm³/mol. The number of nitrogens with one attached hydrogen (secondary N) is 1. The van der Waals surface area contributed by atoms with Crippen LogP contribution in [0.25, 0.3) is 0 Å². The molecule has 1 atom stereocenters. The summed E-state index contributed by atoms with van der Waals surface area (Å²) >= 11 is 0. The summed E-state index contributed by atoms with van der Waals surface area (Å²) in [6, 6.07) is -1.58. The Kier molecular flexibility index (Phi) is 2.34. The molecule has 2 fully saturated rings. The molecule has 0 aromatic rings. The first kappa shape index (κ1) is 9.95. The molecule has 6 nitrogen and oxygen atoms in total. The van der Waals surface area contributed by atoms with E-state index in [4.69, 9.17) is 5.11 Å². The molecule has 1 unspecified atom stereocenters. The smallest absolute Gasteiger partial charge is 0.327 e. The van der Waals surface area contributed by atoms with Crippen LogP contribution in [0.4, 0.5) is 4.79 Å². The second-order valence-electron chi connectivity index (χ2n) is 3.96. The van der Waals surface area contributed by atoms with Crippen molar-refractivity contribution in [1.82, 2.24) is 10.2 Å². The molecule has 0 radical (unpaired) electrons. The molecule has 3 amide bonds. The Balaban J connectivity index is 2.11. The number of carboxylic acids is 1. The fraction of sp³-hybridized carbons (Fsp3) is 0.667. The van der Waals surface area contributed by atoms with Crippen LogP contribution < -0.4 is 5.32 Å². The van der Waals surface area contributed by atoms with Crippen molar-refractivity contribution in [2.24, 2.45) is 5.92 Å². The lowest BCUT2D eigenvalue weighted by molar-refractivity contribution is -0.146. The number of nitrogens with zero attached hydrogens (tertiary/aromatic N) is 1. The first-order valence-corrected chi connectivity index (χ1v) is 4.92. The first-order chi connectivity index (χ1) is 7.09. The Morgan fingerprint density at radius 1 is 1.53 bits per heavy atom. The Morgan fingerprint density at radius 2 is 2.20 bits per heavy atom. The number of carbonyl (C=O) groups is 3. The van der Waals surface area contributed by atoms with Crippen LogP contribution >= 0.6 is 0 Å². The maximum atomic E-state index is 11.3.